The summed E-state index contributed by atoms with van der Waals surface area (Å²) >= 11 is 0. The standard InChI is InChI=1S/C13H18O5S/c1-8-6-12(9(2)17-8)13(14)18-10-4-5-11(7-10)19(3,15)16/h6,10-11H,4-5,7H2,1-3H3/t10-,11-/m1/s1. The van der Waals surface area contributed by atoms with Crippen molar-refractivity contribution in [2.75, 3.05) is 6.26 Å². The third-order valence-electron chi connectivity index (χ3n) is 3.48. The van der Waals surface area contributed by atoms with Crippen LogP contribution in [0.3, 0.4) is 0 Å². The molecule has 0 N–H and O–H groups in total. The summed E-state index contributed by atoms with van der Waals surface area (Å²) in [6.07, 6.45) is 2.45. The molecule has 2 rings (SSSR count). The Morgan fingerprint density at radius 2 is 2.05 bits per heavy atom. The molecule has 1 saturated carbocycles. The fourth-order valence-corrected chi connectivity index (χ4v) is 3.57. The highest BCUT2D eigenvalue weighted by Crippen LogP contribution is 2.28. The van der Waals surface area contributed by atoms with E-state index < -0.39 is 21.1 Å². The van der Waals surface area contributed by atoms with Crippen molar-refractivity contribution in [2.24, 2.45) is 0 Å². The summed E-state index contributed by atoms with van der Waals surface area (Å²) in [7, 11) is -3.05. The van der Waals surface area contributed by atoms with Gasteiger partial charge in [0.2, 0.25) is 0 Å². The van der Waals surface area contributed by atoms with E-state index in [4.69, 9.17) is 9.15 Å². The summed E-state index contributed by atoms with van der Waals surface area (Å²) in [5.41, 5.74) is 0.417. The summed E-state index contributed by atoms with van der Waals surface area (Å²) in [5.74, 6) is 0.749. The molecule has 1 aromatic heterocycles. The van der Waals surface area contributed by atoms with Crippen LogP contribution in [0.15, 0.2) is 10.5 Å². The van der Waals surface area contributed by atoms with Gasteiger partial charge in [0.15, 0.2) is 0 Å². The van der Waals surface area contributed by atoms with Gasteiger partial charge in [-0.05, 0) is 32.8 Å². The third kappa shape index (κ3) is 3.18. The normalized spacial score (nSPS) is 23.5. The zero-order valence-corrected chi connectivity index (χ0v) is 12.1. The first kappa shape index (κ1) is 14.1. The lowest BCUT2D eigenvalue weighted by atomic mass is 10.2. The molecular formula is C13H18O5S. The summed E-state index contributed by atoms with van der Waals surface area (Å²) in [5, 5.41) is -0.391. The molecular weight excluding hydrogens is 268 g/mol. The molecule has 1 heterocycles. The van der Waals surface area contributed by atoms with Crippen LogP contribution in [-0.2, 0) is 14.6 Å². The molecule has 1 fully saturated rings. The summed E-state index contributed by atoms with van der Waals surface area (Å²) in [6.45, 7) is 3.47. The molecule has 1 aliphatic carbocycles. The van der Waals surface area contributed by atoms with E-state index in [-0.39, 0.29) is 6.10 Å². The van der Waals surface area contributed by atoms with Gasteiger partial charge in [-0.25, -0.2) is 13.2 Å². The molecule has 19 heavy (non-hydrogen) atoms. The second-order valence-electron chi connectivity index (χ2n) is 5.12. The number of ether oxygens (including phenoxy) is 1. The number of hydrogen-bond donors (Lipinski definition) is 0. The van der Waals surface area contributed by atoms with Crippen molar-refractivity contribution >= 4 is 15.8 Å². The van der Waals surface area contributed by atoms with Gasteiger partial charge in [0, 0.05) is 12.7 Å². The molecule has 0 spiro atoms. The lowest BCUT2D eigenvalue weighted by molar-refractivity contribution is 0.0316. The Balaban J connectivity index is 2.00. The Morgan fingerprint density at radius 1 is 1.37 bits per heavy atom. The lowest BCUT2D eigenvalue weighted by Gasteiger charge is -2.11. The van der Waals surface area contributed by atoms with Crippen LogP contribution in [0.1, 0.15) is 41.1 Å². The van der Waals surface area contributed by atoms with Crippen molar-refractivity contribution in [1.82, 2.24) is 0 Å². The average Bonchev–Trinajstić information content (AvgIpc) is 2.84. The van der Waals surface area contributed by atoms with Crippen molar-refractivity contribution in [2.45, 2.75) is 44.5 Å². The number of furan rings is 1. The first-order valence-electron chi connectivity index (χ1n) is 6.24. The molecule has 1 aromatic rings. The van der Waals surface area contributed by atoms with Crippen LogP contribution in [0, 0.1) is 13.8 Å². The number of hydrogen-bond acceptors (Lipinski definition) is 5. The Bertz CT molecular complexity index is 584. The molecule has 1 aliphatic rings. The van der Waals surface area contributed by atoms with Crippen molar-refractivity contribution in [3.63, 3.8) is 0 Å². The highest BCUT2D eigenvalue weighted by atomic mass is 32.2. The second kappa shape index (κ2) is 5.00. The Hall–Kier alpha value is -1.30. The van der Waals surface area contributed by atoms with Crippen LogP contribution >= 0.6 is 0 Å². The molecule has 0 radical (unpaired) electrons. The Kier molecular flexibility index (Phi) is 3.71. The third-order valence-corrected chi connectivity index (χ3v) is 5.12. The summed E-state index contributed by atoms with van der Waals surface area (Å²) in [4.78, 5) is 12.0. The quantitative estimate of drug-likeness (QED) is 0.795. The maximum atomic E-state index is 12.0. The second-order valence-corrected chi connectivity index (χ2v) is 7.44. The SMILES string of the molecule is Cc1cc(C(=O)O[C@@H]2CC[C@@H](S(C)(=O)=O)C2)c(C)o1. The lowest BCUT2D eigenvalue weighted by Crippen LogP contribution is -2.20. The zero-order chi connectivity index (χ0) is 14.2. The topological polar surface area (TPSA) is 73.6 Å². The van der Waals surface area contributed by atoms with Gasteiger partial charge >= 0.3 is 5.97 Å². The number of carbonyl (C=O) groups excluding carboxylic acids is 1. The number of esters is 1. The molecule has 0 unspecified atom stereocenters. The van der Waals surface area contributed by atoms with E-state index in [2.05, 4.69) is 0 Å². The molecule has 0 amide bonds. The minimum Gasteiger partial charge on any atom is -0.466 e. The van der Waals surface area contributed by atoms with Crippen LogP contribution in [0.2, 0.25) is 0 Å². The van der Waals surface area contributed by atoms with Crippen molar-refractivity contribution in [3.05, 3.63) is 23.2 Å². The van der Waals surface area contributed by atoms with E-state index in [0.717, 1.165) is 0 Å². The fraction of sp³-hybridized carbons (Fsp3) is 0.615. The largest absolute Gasteiger partial charge is 0.466 e. The van der Waals surface area contributed by atoms with Gasteiger partial charge in [0.05, 0.1) is 5.25 Å². The van der Waals surface area contributed by atoms with Gasteiger partial charge in [-0.15, -0.1) is 0 Å². The number of aryl methyl sites for hydroxylation is 2. The van der Waals surface area contributed by atoms with Crippen molar-refractivity contribution in [3.8, 4) is 0 Å². The molecule has 5 nitrogen and oxygen atoms in total. The molecule has 0 aromatic carbocycles. The Labute approximate surface area is 112 Å². The minimum absolute atomic E-state index is 0.318. The van der Waals surface area contributed by atoms with E-state index >= 15 is 0 Å². The van der Waals surface area contributed by atoms with Crippen LogP contribution < -0.4 is 0 Å². The predicted molar refractivity (Wildman–Crippen MR) is 69.9 cm³/mol. The van der Waals surface area contributed by atoms with Gasteiger partial charge < -0.3 is 9.15 Å². The van der Waals surface area contributed by atoms with E-state index in [9.17, 15) is 13.2 Å². The van der Waals surface area contributed by atoms with Gasteiger partial charge in [0.25, 0.3) is 0 Å². The van der Waals surface area contributed by atoms with E-state index in [1.54, 1.807) is 19.9 Å². The number of rotatable bonds is 3. The molecule has 0 saturated heterocycles. The van der Waals surface area contributed by atoms with Crippen molar-refractivity contribution in [1.29, 1.82) is 0 Å². The van der Waals surface area contributed by atoms with Gasteiger partial charge in [-0.1, -0.05) is 0 Å². The van der Waals surface area contributed by atoms with E-state index in [1.807, 2.05) is 0 Å². The first-order valence-corrected chi connectivity index (χ1v) is 8.19. The van der Waals surface area contributed by atoms with Crippen LogP contribution in [0.4, 0.5) is 0 Å². The average molecular weight is 286 g/mol. The van der Waals surface area contributed by atoms with E-state index in [1.165, 1.54) is 6.26 Å². The van der Waals surface area contributed by atoms with E-state index in [0.29, 0.717) is 36.3 Å². The molecule has 106 valence electrons. The zero-order valence-electron chi connectivity index (χ0n) is 11.3. The van der Waals surface area contributed by atoms with Crippen LogP contribution in [-0.4, -0.2) is 32.0 Å². The number of carbonyl (C=O) groups is 1. The summed E-state index contributed by atoms with van der Waals surface area (Å²) < 4.78 is 33.5. The maximum Gasteiger partial charge on any atom is 0.341 e. The maximum absolute atomic E-state index is 12.0. The monoisotopic (exact) mass is 286 g/mol. The first-order chi connectivity index (χ1) is 8.77. The molecule has 2 atom stereocenters. The van der Waals surface area contributed by atoms with Crippen LogP contribution in [0.25, 0.3) is 0 Å². The predicted octanol–water partition coefficient (Wildman–Crippen LogP) is 2.02. The molecule has 6 heteroatoms. The number of sulfone groups is 1. The fourth-order valence-electron chi connectivity index (χ4n) is 2.44. The van der Waals surface area contributed by atoms with Gasteiger partial charge in [-0.3, -0.25) is 0 Å². The highest BCUT2D eigenvalue weighted by Gasteiger charge is 2.34. The van der Waals surface area contributed by atoms with Crippen LogP contribution in [0.5, 0.6) is 0 Å². The smallest absolute Gasteiger partial charge is 0.341 e. The molecule has 0 bridgehead atoms. The molecule has 0 aliphatic heterocycles. The highest BCUT2D eigenvalue weighted by molar-refractivity contribution is 7.91. The Morgan fingerprint density at radius 3 is 2.53 bits per heavy atom. The van der Waals surface area contributed by atoms with Gasteiger partial charge in [0.1, 0.15) is 33.0 Å². The minimum atomic E-state index is -3.05. The summed E-state index contributed by atoms with van der Waals surface area (Å²) in [6, 6.07) is 1.64. The van der Waals surface area contributed by atoms with Crippen molar-refractivity contribution < 1.29 is 22.4 Å². The van der Waals surface area contributed by atoms with Gasteiger partial charge in [-0.2, -0.15) is 0 Å².